The fourth-order valence-electron chi connectivity index (χ4n) is 2.96. The number of fused-ring (bicyclic) bond motifs is 1. The molecule has 34 heavy (non-hydrogen) atoms. The molecular weight excluding hydrogens is 497 g/mol. The SMILES string of the molecule is CC(NC(=O)c1ncnc2c1cnn2C)c1ncc(C(=O)Nc2cc(C(F)(F)F)c(Cl)cn2)s1. The number of alkyl halides is 3. The molecule has 0 bridgehead atoms. The van der Waals surface area contributed by atoms with Crippen LogP contribution in [0.3, 0.4) is 0 Å². The first kappa shape index (κ1) is 23.5. The molecule has 4 heterocycles. The molecule has 2 N–H and O–H groups in total. The van der Waals surface area contributed by atoms with Gasteiger partial charge in [0.15, 0.2) is 5.65 Å². The molecule has 2 amide bonds. The van der Waals surface area contributed by atoms with Crippen molar-refractivity contribution < 1.29 is 22.8 Å². The predicted octanol–water partition coefficient (Wildman–Crippen LogP) is 3.63. The van der Waals surface area contributed by atoms with E-state index >= 15 is 0 Å². The number of hydrogen-bond acceptors (Lipinski definition) is 8. The highest BCUT2D eigenvalue weighted by Crippen LogP contribution is 2.35. The normalized spacial score (nSPS) is 12.5. The molecule has 0 saturated heterocycles. The van der Waals surface area contributed by atoms with Crippen molar-refractivity contribution in [3.05, 3.63) is 57.1 Å². The van der Waals surface area contributed by atoms with Crippen molar-refractivity contribution in [1.29, 1.82) is 0 Å². The monoisotopic (exact) mass is 510 g/mol. The molecule has 0 saturated carbocycles. The molecule has 0 spiro atoms. The van der Waals surface area contributed by atoms with E-state index in [1.54, 1.807) is 14.0 Å². The Hall–Kier alpha value is -3.65. The van der Waals surface area contributed by atoms with Crippen LogP contribution in [0.15, 0.2) is 31.0 Å². The van der Waals surface area contributed by atoms with Gasteiger partial charge in [0.1, 0.15) is 27.7 Å². The molecule has 176 valence electrons. The van der Waals surface area contributed by atoms with E-state index in [-0.39, 0.29) is 16.4 Å². The van der Waals surface area contributed by atoms with Crippen molar-refractivity contribution in [3.8, 4) is 0 Å². The fraction of sp³-hybridized carbons (Fsp3) is 0.211. The summed E-state index contributed by atoms with van der Waals surface area (Å²) in [6.07, 6.45) is 0.0979. The quantitative estimate of drug-likeness (QED) is 0.419. The zero-order chi connectivity index (χ0) is 24.6. The van der Waals surface area contributed by atoms with Gasteiger partial charge >= 0.3 is 6.18 Å². The summed E-state index contributed by atoms with van der Waals surface area (Å²) < 4.78 is 40.6. The first-order valence-corrected chi connectivity index (χ1v) is 10.7. The summed E-state index contributed by atoms with van der Waals surface area (Å²) >= 11 is 6.50. The predicted molar refractivity (Wildman–Crippen MR) is 117 cm³/mol. The van der Waals surface area contributed by atoms with Gasteiger partial charge in [-0.05, 0) is 13.0 Å². The lowest BCUT2D eigenvalue weighted by atomic mass is 10.2. The maximum absolute atomic E-state index is 13.0. The highest BCUT2D eigenvalue weighted by atomic mass is 35.5. The highest BCUT2D eigenvalue weighted by molar-refractivity contribution is 7.13. The maximum atomic E-state index is 13.0. The van der Waals surface area contributed by atoms with E-state index in [1.165, 1.54) is 23.4 Å². The molecular formula is C19H14ClF3N8O2S. The molecule has 0 aliphatic rings. The number of hydrogen-bond donors (Lipinski definition) is 2. The van der Waals surface area contributed by atoms with Crippen molar-refractivity contribution in [1.82, 2.24) is 35.0 Å². The zero-order valence-corrected chi connectivity index (χ0v) is 19.0. The van der Waals surface area contributed by atoms with Gasteiger partial charge in [-0.1, -0.05) is 11.6 Å². The van der Waals surface area contributed by atoms with Crippen LogP contribution >= 0.6 is 22.9 Å². The Kier molecular flexibility index (Phi) is 6.18. The number of nitrogens with zero attached hydrogens (tertiary/aromatic N) is 6. The van der Waals surface area contributed by atoms with Crippen LogP contribution < -0.4 is 10.6 Å². The van der Waals surface area contributed by atoms with E-state index in [2.05, 4.69) is 35.7 Å². The standard InChI is InChI=1S/C19H14ClF3N8O2S/c1-8(29-17(33)14-9-4-28-31(2)15(9)27-7-26-14)18-25-6-12(34-18)16(32)30-13-3-10(19(21,22)23)11(20)5-24-13/h3-8H,1-2H3,(H,29,33)(H,24,30,32). The minimum absolute atomic E-state index is 0.109. The molecule has 4 aromatic heterocycles. The number of amides is 2. The second-order valence-electron chi connectivity index (χ2n) is 6.99. The van der Waals surface area contributed by atoms with Crippen LogP contribution in [0.25, 0.3) is 11.0 Å². The summed E-state index contributed by atoms with van der Waals surface area (Å²) in [5.41, 5.74) is -0.493. The molecule has 1 atom stereocenters. The Balaban J connectivity index is 1.46. The molecule has 0 fully saturated rings. The summed E-state index contributed by atoms with van der Waals surface area (Å²) in [6.45, 7) is 1.66. The number of nitrogens with one attached hydrogen (secondary N) is 2. The van der Waals surface area contributed by atoms with Gasteiger partial charge < -0.3 is 10.6 Å². The van der Waals surface area contributed by atoms with Crippen molar-refractivity contribution in [2.45, 2.75) is 19.1 Å². The van der Waals surface area contributed by atoms with Crippen LogP contribution in [-0.2, 0) is 13.2 Å². The first-order chi connectivity index (χ1) is 16.0. The summed E-state index contributed by atoms with van der Waals surface area (Å²) in [6, 6.07) is 0.0533. The Morgan fingerprint density at radius 1 is 1.12 bits per heavy atom. The van der Waals surface area contributed by atoms with Crippen LogP contribution in [-0.4, -0.2) is 41.5 Å². The number of carbonyl (C=O) groups excluding carboxylic acids is 2. The van der Waals surface area contributed by atoms with Crippen molar-refractivity contribution in [2.75, 3.05) is 5.32 Å². The van der Waals surface area contributed by atoms with Gasteiger partial charge in [-0.2, -0.15) is 18.3 Å². The molecule has 4 rings (SSSR count). The van der Waals surface area contributed by atoms with Crippen molar-refractivity contribution in [2.24, 2.45) is 7.05 Å². The van der Waals surface area contributed by atoms with Gasteiger partial charge in [0.05, 0.1) is 34.4 Å². The number of aryl methyl sites for hydroxylation is 1. The number of pyridine rings is 1. The van der Waals surface area contributed by atoms with Crippen LogP contribution in [0.5, 0.6) is 0 Å². The fourth-order valence-corrected chi connectivity index (χ4v) is 3.99. The maximum Gasteiger partial charge on any atom is 0.418 e. The molecule has 0 radical (unpaired) electrons. The lowest BCUT2D eigenvalue weighted by Gasteiger charge is -2.11. The van der Waals surface area contributed by atoms with E-state index < -0.39 is 34.6 Å². The Labute approximate surface area is 198 Å². The third-order valence-electron chi connectivity index (χ3n) is 4.61. The zero-order valence-electron chi connectivity index (χ0n) is 17.4. The second kappa shape index (κ2) is 8.95. The van der Waals surface area contributed by atoms with E-state index in [0.29, 0.717) is 22.1 Å². The Morgan fingerprint density at radius 2 is 1.88 bits per heavy atom. The van der Waals surface area contributed by atoms with Crippen LogP contribution in [0.1, 0.15) is 43.7 Å². The second-order valence-corrected chi connectivity index (χ2v) is 8.46. The minimum Gasteiger partial charge on any atom is -0.342 e. The Morgan fingerprint density at radius 3 is 2.62 bits per heavy atom. The number of halogens is 4. The van der Waals surface area contributed by atoms with Gasteiger partial charge in [-0.25, -0.2) is 19.9 Å². The lowest BCUT2D eigenvalue weighted by Crippen LogP contribution is -2.27. The average molecular weight is 511 g/mol. The molecule has 0 aromatic carbocycles. The highest BCUT2D eigenvalue weighted by Gasteiger charge is 2.34. The minimum atomic E-state index is -4.70. The Bertz CT molecular complexity index is 1400. The van der Waals surface area contributed by atoms with Crippen LogP contribution in [0.2, 0.25) is 5.02 Å². The summed E-state index contributed by atoms with van der Waals surface area (Å²) in [4.78, 5) is 41.3. The largest absolute Gasteiger partial charge is 0.418 e. The van der Waals surface area contributed by atoms with Gasteiger partial charge in [-0.15, -0.1) is 11.3 Å². The van der Waals surface area contributed by atoms with Gasteiger partial charge in [0.25, 0.3) is 11.8 Å². The summed E-state index contributed by atoms with van der Waals surface area (Å²) in [7, 11) is 1.69. The van der Waals surface area contributed by atoms with Crippen molar-refractivity contribution >= 4 is 51.6 Å². The average Bonchev–Trinajstić information content (AvgIpc) is 3.42. The number of thiazole rings is 1. The lowest BCUT2D eigenvalue weighted by molar-refractivity contribution is -0.137. The number of rotatable bonds is 5. The number of aromatic nitrogens is 6. The molecule has 10 nitrogen and oxygen atoms in total. The van der Waals surface area contributed by atoms with Crippen molar-refractivity contribution in [3.63, 3.8) is 0 Å². The topological polar surface area (TPSA) is 128 Å². The smallest absolute Gasteiger partial charge is 0.342 e. The first-order valence-electron chi connectivity index (χ1n) is 9.48. The summed E-state index contributed by atoms with van der Waals surface area (Å²) in [5, 5.41) is 9.38. The van der Waals surface area contributed by atoms with Crippen LogP contribution in [0, 0.1) is 0 Å². The van der Waals surface area contributed by atoms with Gasteiger partial charge in [-0.3, -0.25) is 14.3 Å². The summed E-state index contributed by atoms with van der Waals surface area (Å²) in [5.74, 6) is -1.51. The third kappa shape index (κ3) is 4.68. The van der Waals surface area contributed by atoms with Crippen LogP contribution in [0.4, 0.5) is 19.0 Å². The molecule has 0 aliphatic heterocycles. The molecule has 0 aliphatic carbocycles. The van der Waals surface area contributed by atoms with E-state index in [0.717, 1.165) is 17.5 Å². The number of anilines is 1. The number of carbonyl (C=O) groups is 2. The molecule has 4 aromatic rings. The van der Waals surface area contributed by atoms with Gasteiger partial charge in [0.2, 0.25) is 0 Å². The molecule has 15 heteroatoms. The van der Waals surface area contributed by atoms with E-state index in [9.17, 15) is 22.8 Å². The van der Waals surface area contributed by atoms with Gasteiger partial charge in [0, 0.05) is 13.2 Å². The van der Waals surface area contributed by atoms with E-state index in [4.69, 9.17) is 11.6 Å². The molecule has 1 unspecified atom stereocenters. The van der Waals surface area contributed by atoms with E-state index in [1.807, 2.05) is 0 Å². The third-order valence-corrected chi connectivity index (χ3v) is 6.09.